The number of nitrogens with zero attached hydrogens (tertiary/aromatic N) is 1. The molecule has 34 heavy (non-hydrogen) atoms. The van der Waals surface area contributed by atoms with Gasteiger partial charge in [-0.3, -0.25) is 15.0 Å². The summed E-state index contributed by atoms with van der Waals surface area (Å²) in [6.45, 7) is 20.2. The van der Waals surface area contributed by atoms with Gasteiger partial charge in [-0.15, -0.1) is 6.58 Å². The lowest BCUT2D eigenvalue weighted by molar-refractivity contribution is 0.0509. The number of methoxy groups -OCH3 is 1. The van der Waals surface area contributed by atoms with E-state index < -0.39 is 0 Å². The molecule has 0 aliphatic heterocycles. The normalized spacial score (nSPS) is 10.6. The first-order valence-electron chi connectivity index (χ1n) is 11.9. The van der Waals surface area contributed by atoms with E-state index in [1.807, 2.05) is 65.8 Å². The number of hydrogen-bond donors (Lipinski definition) is 1. The number of hydrogen-bond acceptors (Lipinski definition) is 3. The first-order valence-corrected chi connectivity index (χ1v) is 11.9. The number of rotatable bonds is 6. The van der Waals surface area contributed by atoms with Gasteiger partial charge in [0.2, 0.25) is 0 Å². The quantitative estimate of drug-likeness (QED) is 0.385. The zero-order valence-corrected chi connectivity index (χ0v) is 22.5. The van der Waals surface area contributed by atoms with E-state index in [0.29, 0.717) is 29.8 Å². The van der Waals surface area contributed by atoms with Crippen LogP contribution in [0.15, 0.2) is 43.0 Å². The molecule has 0 saturated carbocycles. The molecule has 0 unspecified atom stereocenters. The maximum Gasteiger partial charge on any atom is 0.272 e. The molecule has 2 rings (SSSR count). The Morgan fingerprint density at radius 2 is 1.62 bits per heavy atom. The minimum atomic E-state index is -0.345. The van der Waals surface area contributed by atoms with Gasteiger partial charge in [0.1, 0.15) is 5.75 Å². The fourth-order valence-corrected chi connectivity index (χ4v) is 3.67. The second kappa shape index (κ2) is 13.0. The summed E-state index contributed by atoms with van der Waals surface area (Å²) < 4.78 is 5.54. The van der Waals surface area contributed by atoms with Crippen LogP contribution in [-0.4, -0.2) is 30.5 Å². The first kappa shape index (κ1) is 29.0. The molecule has 1 N–H and O–H groups in total. The highest BCUT2D eigenvalue weighted by Gasteiger charge is 2.26. The Balaban J connectivity index is 0.00000182. The Morgan fingerprint density at radius 3 is 2.09 bits per heavy atom. The molecular formula is C29H42N2O3. The van der Waals surface area contributed by atoms with Crippen molar-refractivity contribution in [3.63, 3.8) is 0 Å². The molecule has 5 heteroatoms. The van der Waals surface area contributed by atoms with Crippen LogP contribution in [0.4, 0.5) is 0 Å². The number of hydrazine groups is 1. The summed E-state index contributed by atoms with van der Waals surface area (Å²) in [6.07, 6.45) is 3.69. The van der Waals surface area contributed by atoms with Crippen LogP contribution in [0.1, 0.15) is 84.0 Å². The largest absolute Gasteiger partial charge is 0.496 e. The highest BCUT2D eigenvalue weighted by Crippen LogP contribution is 2.27. The third-order valence-corrected chi connectivity index (χ3v) is 4.88. The Hall–Kier alpha value is -3.08. The molecule has 0 atom stereocenters. The van der Waals surface area contributed by atoms with Crippen LogP contribution in [-0.2, 0) is 6.42 Å². The zero-order chi connectivity index (χ0) is 26.1. The Bertz CT molecular complexity index is 983. The van der Waals surface area contributed by atoms with Crippen molar-refractivity contribution in [1.29, 1.82) is 0 Å². The van der Waals surface area contributed by atoms with Crippen LogP contribution in [0.3, 0.4) is 0 Å². The zero-order valence-electron chi connectivity index (χ0n) is 22.5. The van der Waals surface area contributed by atoms with E-state index in [-0.39, 0.29) is 17.2 Å². The lowest BCUT2D eigenvalue weighted by Gasteiger charge is -2.30. The van der Waals surface area contributed by atoms with Crippen LogP contribution in [0, 0.1) is 26.2 Å². The smallest absolute Gasteiger partial charge is 0.272 e. The number of benzene rings is 2. The molecule has 2 aromatic carbocycles. The van der Waals surface area contributed by atoms with Crippen LogP contribution < -0.4 is 10.2 Å². The van der Waals surface area contributed by atoms with Gasteiger partial charge < -0.3 is 4.74 Å². The fraction of sp³-hybridized carbons (Fsp3) is 0.448. The number of carbonyl (C=O) groups is 2. The van der Waals surface area contributed by atoms with Crippen molar-refractivity contribution >= 4 is 11.8 Å². The monoisotopic (exact) mass is 466 g/mol. The highest BCUT2D eigenvalue weighted by atomic mass is 16.5. The molecule has 2 amide bonds. The molecule has 2 aromatic rings. The van der Waals surface area contributed by atoms with E-state index in [9.17, 15) is 9.59 Å². The van der Waals surface area contributed by atoms with E-state index in [1.165, 1.54) is 11.4 Å². The number of aryl methyl sites for hydroxylation is 2. The summed E-state index contributed by atoms with van der Waals surface area (Å²) in [6, 6.07) is 9.33. The summed E-state index contributed by atoms with van der Waals surface area (Å²) in [4.78, 5) is 26.5. The Kier molecular flexibility index (Phi) is 11.0. The van der Waals surface area contributed by atoms with E-state index in [2.05, 4.69) is 25.9 Å². The average Bonchev–Trinajstić information content (AvgIpc) is 2.72. The SMILES string of the molecule is C=CCc1ccc(C(=O)NN(CC(C)(C)C)C(=O)c2cc(C)cc(C)c2)c(C)c1OC.CCC. The summed E-state index contributed by atoms with van der Waals surface area (Å²) >= 11 is 0. The summed E-state index contributed by atoms with van der Waals surface area (Å²) in [5.74, 6) is 0.0847. The van der Waals surface area contributed by atoms with Crippen molar-refractivity contribution in [3.8, 4) is 5.75 Å². The standard InChI is InChI=1S/C26H34N2O3.C3H8/c1-9-10-20-11-12-22(19(4)23(20)31-8)24(29)27-28(16-26(5,6)7)25(30)21-14-17(2)13-18(3)15-21;1-3-2/h9,11-15H,1,10,16H2,2-8H3,(H,27,29);3H2,1-2H3. The maximum absolute atomic E-state index is 13.3. The third-order valence-electron chi connectivity index (χ3n) is 4.88. The molecule has 5 nitrogen and oxygen atoms in total. The van der Waals surface area contributed by atoms with Crippen molar-refractivity contribution < 1.29 is 14.3 Å². The Morgan fingerprint density at radius 1 is 1.06 bits per heavy atom. The predicted molar refractivity (Wildman–Crippen MR) is 141 cm³/mol. The average molecular weight is 467 g/mol. The molecule has 0 heterocycles. The van der Waals surface area contributed by atoms with Crippen molar-refractivity contribution in [3.05, 3.63) is 76.4 Å². The molecule has 0 aliphatic carbocycles. The highest BCUT2D eigenvalue weighted by molar-refractivity contribution is 6.00. The number of nitrogens with one attached hydrogen (secondary N) is 1. The number of ether oxygens (including phenoxy) is 1. The van der Waals surface area contributed by atoms with Crippen molar-refractivity contribution in [1.82, 2.24) is 10.4 Å². The Labute approximate surface area is 206 Å². The molecule has 0 saturated heterocycles. The van der Waals surface area contributed by atoms with Crippen LogP contribution >= 0.6 is 0 Å². The lowest BCUT2D eigenvalue weighted by Crippen LogP contribution is -2.49. The molecule has 0 spiro atoms. The minimum absolute atomic E-state index is 0.206. The van der Waals surface area contributed by atoms with Gasteiger partial charge in [0.25, 0.3) is 11.8 Å². The summed E-state index contributed by atoms with van der Waals surface area (Å²) in [5, 5.41) is 1.42. The van der Waals surface area contributed by atoms with Gasteiger partial charge in [-0.1, -0.05) is 70.4 Å². The maximum atomic E-state index is 13.3. The van der Waals surface area contributed by atoms with Crippen molar-refractivity contribution in [2.75, 3.05) is 13.7 Å². The molecule has 0 bridgehead atoms. The van der Waals surface area contributed by atoms with Crippen LogP contribution in [0.2, 0.25) is 0 Å². The van der Waals surface area contributed by atoms with E-state index in [4.69, 9.17) is 4.74 Å². The van der Waals surface area contributed by atoms with Gasteiger partial charge in [0, 0.05) is 23.2 Å². The van der Waals surface area contributed by atoms with Gasteiger partial charge in [0.05, 0.1) is 7.11 Å². The minimum Gasteiger partial charge on any atom is -0.496 e. The molecule has 0 aliphatic rings. The predicted octanol–water partition coefficient (Wildman–Crippen LogP) is 6.60. The van der Waals surface area contributed by atoms with Crippen LogP contribution in [0.5, 0.6) is 5.75 Å². The molecular weight excluding hydrogens is 424 g/mol. The van der Waals surface area contributed by atoms with Crippen molar-refractivity contribution in [2.24, 2.45) is 5.41 Å². The van der Waals surface area contributed by atoms with Crippen LogP contribution in [0.25, 0.3) is 0 Å². The first-order chi connectivity index (χ1) is 15.9. The summed E-state index contributed by atoms with van der Waals surface area (Å²) in [7, 11) is 1.59. The lowest BCUT2D eigenvalue weighted by atomic mass is 9.96. The fourth-order valence-electron chi connectivity index (χ4n) is 3.67. The summed E-state index contributed by atoms with van der Waals surface area (Å²) in [5.41, 5.74) is 7.36. The van der Waals surface area contributed by atoms with E-state index in [1.54, 1.807) is 19.3 Å². The second-order valence-corrected chi connectivity index (χ2v) is 9.90. The van der Waals surface area contributed by atoms with Crippen molar-refractivity contribution in [2.45, 2.75) is 68.2 Å². The number of carbonyl (C=O) groups excluding carboxylic acids is 2. The topological polar surface area (TPSA) is 58.6 Å². The molecule has 0 fully saturated rings. The van der Waals surface area contributed by atoms with Gasteiger partial charge in [-0.25, -0.2) is 5.01 Å². The van der Waals surface area contributed by atoms with Gasteiger partial charge in [0.15, 0.2) is 0 Å². The van der Waals surface area contributed by atoms with E-state index in [0.717, 1.165) is 22.3 Å². The number of allylic oxidation sites excluding steroid dienone is 1. The second-order valence-electron chi connectivity index (χ2n) is 9.90. The van der Waals surface area contributed by atoms with E-state index >= 15 is 0 Å². The molecule has 186 valence electrons. The number of amides is 2. The third kappa shape index (κ3) is 8.36. The van der Waals surface area contributed by atoms with Gasteiger partial charge in [-0.2, -0.15) is 0 Å². The molecule has 0 radical (unpaired) electrons. The molecule has 0 aromatic heterocycles. The van der Waals surface area contributed by atoms with Gasteiger partial charge in [-0.05, 0) is 56.4 Å². The van der Waals surface area contributed by atoms with Gasteiger partial charge >= 0.3 is 0 Å².